The Hall–Kier alpha value is -3.52. The largest absolute Gasteiger partial charge is 0.462 e. The molecule has 1 fully saturated rings. The van der Waals surface area contributed by atoms with E-state index in [1.54, 1.807) is 37.0 Å². The lowest BCUT2D eigenvalue weighted by atomic mass is 9.93. The van der Waals surface area contributed by atoms with E-state index in [0.717, 1.165) is 0 Å². The van der Waals surface area contributed by atoms with E-state index in [0.29, 0.717) is 10.8 Å². The van der Waals surface area contributed by atoms with Gasteiger partial charge in [0.15, 0.2) is 6.23 Å². The van der Waals surface area contributed by atoms with Gasteiger partial charge in [-0.05, 0) is 45.4 Å². The molecule has 0 amide bonds. The molecule has 1 aliphatic rings. The topological polar surface area (TPSA) is 207 Å². The van der Waals surface area contributed by atoms with Crippen LogP contribution < -0.4 is 20.9 Å². The van der Waals surface area contributed by atoms with Crippen LogP contribution in [0.3, 0.4) is 0 Å². The number of benzene rings is 1. The van der Waals surface area contributed by atoms with Crippen LogP contribution in [0.4, 0.5) is 4.39 Å². The third-order valence-corrected chi connectivity index (χ3v) is 7.27. The maximum atomic E-state index is 14.0. The summed E-state index contributed by atoms with van der Waals surface area (Å²) < 4.78 is 50.1. The van der Waals surface area contributed by atoms with Gasteiger partial charge in [0.2, 0.25) is 5.82 Å². The molecule has 0 aliphatic carbocycles. The number of aromatic amines is 1. The zero-order valence-electron chi connectivity index (χ0n) is 21.4. The Labute approximate surface area is 221 Å². The number of hydrogen-bond donors (Lipinski definition) is 3. The molecule has 0 bridgehead atoms. The number of nitrogens with zero attached hydrogens (tertiary/aromatic N) is 4. The number of carbonyl (C=O) groups excluding carboxylic acids is 1. The molecule has 0 radical (unpaired) electrons. The highest BCUT2D eigenvalue weighted by Crippen LogP contribution is 2.47. The van der Waals surface area contributed by atoms with E-state index < -0.39 is 73.5 Å². The minimum absolute atomic E-state index is 0.123. The van der Waals surface area contributed by atoms with Gasteiger partial charge in [-0.2, -0.15) is 9.48 Å². The summed E-state index contributed by atoms with van der Waals surface area (Å²) in [5, 5.41) is 17.0. The Bertz CT molecular complexity index is 1400. The van der Waals surface area contributed by atoms with Crippen molar-refractivity contribution in [3.05, 3.63) is 73.6 Å². The van der Waals surface area contributed by atoms with Crippen molar-refractivity contribution >= 4 is 13.7 Å². The molecule has 39 heavy (non-hydrogen) atoms. The summed E-state index contributed by atoms with van der Waals surface area (Å²) in [6, 6.07) is 6.73. The summed E-state index contributed by atoms with van der Waals surface area (Å²) in [5.74, 6) is -1.95. The molecule has 212 valence electrons. The zero-order valence-corrected chi connectivity index (χ0v) is 22.3. The van der Waals surface area contributed by atoms with E-state index in [2.05, 4.69) is 15.1 Å². The van der Waals surface area contributed by atoms with Gasteiger partial charge in [0.1, 0.15) is 23.4 Å². The number of aromatic nitrogens is 2. The van der Waals surface area contributed by atoms with Crippen molar-refractivity contribution < 1.29 is 37.4 Å². The van der Waals surface area contributed by atoms with Crippen LogP contribution in [0.1, 0.15) is 33.9 Å². The summed E-state index contributed by atoms with van der Waals surface area (Å²) in [7, 11) is -4.37. The van der Waals surface area contributed by atoms with E-state index in [9.17, 15) is 28.4 Å². The Kier molecular flexibility index (Phi) is 9.33. The van der Waals surface area contributed by atoms with Crippen LogP contribution in [0.2, 0.25) is 0 Å². The molecule has 1 unspecified atom stereocenters. The monoisotopic (exact) mass is 570 g/mol. The van der Waals surface area contributed by atoms with Gasteiger partial charge in [0.25, 0.3) is 5.56 Å². The number of para-hydroxylation sites is 1. The second-order valence-corrected chi connectivity index (χ2v) is 10.8. The normalized spacial score (nSPS) is 24.9. The van der Waals surface area contributed by atoms with Crippen LogP contribution in [0.5, 0.6) is 5.75 Å². The fourth-order valence-corrected chi connectivity index (χ4v) is 5.23. The van der Waals surface area contributed by atoms with Crippen molar-refractivity contribution in [1.82, 2.24) is 14.6 Å². The lowest BCUT2D eigenvalue weighted by molar-refractivity contribution is -0.149. The van der Waals surface area contributed by atoms with Crippen molar-refractivity contribution in [2.75, 3.05) is 6.61 Å². The van der Waals surface area contributed by atoms with Crippen LogP contribution in [0.15, 0.2) is 51.2 Å². The maximum Gasteiger partial charge on any atom is 0.459 e. The standard InChI is InChI=1S/C22H28FN6O9P/c1-12(2)36-19(32)13(3)26-39(34,38-14-8-6-5-7-9-14)35-11-16-17(30)22(4,27-28-24)20(37-16)29-10-15(23)18(31)25-21(29)33/h5-10,12-13,16-17,20,30H,11H2,1-4H3,(H,26,34)(H,25,31,33)/t13-,16-,17-,20-,22-,39?/m1/s1. The van der Waals surface area contributed by atoms with Crippen molar-refractivity contribution in [2.45, 2.75) is 63.8 Å². The van der Waals surface area contributed by atoms with Gasteiger partial charge < -0.3 is 19.1 Å². The molecule has 2 aromatic rings. The van der Waals surface area contributed by atoms with Gasteiger partial charge in [0.05, 0.1) is 25.0 Å². The Morgan fingerprint density at radius 3 is 2.64 bits per heavy atom. The molecule has 15 nitrogen and oxygen atoms in total. The molecule has 1 aliphatic heterocycles. The van der Waals surface area contributed by atoms with Crippen LogP contribution in [-0.2, 0) is 23.4 Å². The number of carbonyl (C=O) groups is 1. The molecule has 3 N–H and O–H groups in total. The van der Waals surface area contributed by atoms with Gasteiger partial charge in [0, 0.05) is 4.91 Å². The summed E-state index contributed by atoms with van der Waals surface area (Å²) in [4.78, 5) is 40.6. The lowest BCUT2D eigenvalue weighted by Gasteiger charge is -2.28. The van der Waals surface area contributed by atoms with Gasteiger partial charge >= 0.3 is 19.4 Å². The summed E-state index contributed by atoms with van der Waals surface area (Å²) >= 11 is 0. The predicted octanol–water partition coefficient (Wildman–Crippen LogP) is 2.14. The molecule has 0 saturated carbocycles. The van der Waals surface area contributed by atoms with E-state index in [1.807, 2.05) is 0 Å². The number of aliphatic hydroxyl groups excluding tert-OH is 1. The van der Waals surface area contributed by atoms with E-state index in [1.165, 1.54) is 26.0 Å². The lowest BCUT2D eigenvalue weighted by Crippen LogP contribution is -2.46. The molecule has 1 aromatic carbocycles. The number of H-pyrrole nitrogens is 1. The molecule has 17 heteroatoms. The smallest absolute Gasteiger partial charge is 0.459 e. The fraction of sp³-hybridized carbons (Fsp3) is 0.500. The average molecular weight is 570 g/mol. The van der Waals surface area contributed by atoms with Crippen LogP contribution in [-0.4, -0.2) is 57.1 Å². The van der Waals surface area contributed by atoms with Crippen molar-refractivity contribution in [1.29, 1.82) is 0 Å². The Balaban J connectivity index is 1.89. The second kappa shape index (κ2) is 12.1. The summed E-state index contributed by atoms with van der Waals surface area (Å²) in [6.07, 6.45) is -4.58. The van der Waals surface area contributed by atoms with Crippen LogP contribution >= 0.6 is 7.75 Å². The first-order valence-corrected chi connectivity index (χ1v) is 13.2. The van der Waals surface area contributed by atoms with Gasteiger partial charge in [-0.15, -0.1) is 0 Å². The van der Waals surface area contributed by atoms with Crippen LogP contribution in [0, 0.1) is 5.82 Å². The molecule has 1 saturated heterocycles. The number of aliphatic hydroxyl groups is 1. The van der Waals surface area contributed by atoms with Crippen molar-refractivity contribution in [3.63, 3.8) is 0 Å². The highest BCUT2D eigenvalue weighted by Gasteiger charge is 2.55. The van der Waals surface area contributed by atoms with E-state index in [4.69, 9.17) is 24.1 Å². The third-order valence-electron chi connectivity index (χ3n) is 5.63. The van der Waals surface area contributed by atoms with Gasteiger partial charge in [-0.25, -0.2) is 9.36 Å². The van der Waals surface area contributed by atoms with Crippen LogP contribution in [0.25, 0.3) is 10.4 Å². The molecule has 3 rings (SSSR count). The van der Waals surface area contributed by atoms with Gasteiger partial charge in [-0.3, -0.25) is 23.7 Å². The summed E-state index contributed by atoms with van der Waals surface area (Å²) in [6.45, 7) is 5.22. The number of halogens is 1. The molecule has 1 aromatic heterocycles. The summed E-state index contributed by atoms with van der Waals surface area (Å²) in [5.41, 5.74) is 4.81. The molecular weight excluding hydrogens is 542 g/mol. The molecular formula is C22H28FN6O9P. The maximum absolute atomic E-state index is 14.0. The number of ether oxygens (including phenoxy) is 2. The van der Waals surface area contributed by atoms with E-state index >= 15 is 0 Å². The number of nitrogens with one attached hydrogen (secondary N) is 2. The average Bonchev–Trinajstić information content (AvgIpc) is 3.10. The first kappa shape index (κ1) is 30.0. The zero-order chi connectivity index (χ0) is 29.0. The second-order valence-electron chi connectivity index (χ2n) is 9.06. The highest BCUT2D eigenvalue weighted by molar-refractivity contribution is 7.52. The highest BCUT2D eigenvalue weighted by atomic mass is 31.2. The molecule has 0 spiro atoms. The SMILES string of the molecule is CC(C)OC(=O)[C@@H](C)NP(=O)(OC[C@H]1O[C@@H](n2cc(F)c(=O)[nH]c2=O)[C@](C)(N=[N+]=[N-])[C@@H]1O)Oc1ccccc1. The minimum atomic E-state index is -4.37. The Morgan fingerprint density at radius 1 is 1.36 bits per heavy atom. The fourth-order valence-electron chi connectivity index (χ4n) is 3.72. The van der Waals surface area contributed by atoms with Gasteiger partial charge in [-0.1, -0.05) is 23.3 Å². The van der Waals surface area contributed by atoms with E-state index in [-0.39, 0.29) is 5.75 Å². The number of rotatable bonds is 11. The molecule has 2 heterocycles. The predicted molar refractivity (Wildman–Crippen MR) is 133 cm³/mol. The number of esters is 1. The Morgan fingerprint density at radius 2 is 2.03 bits per heavy atom. The first-order chi connectivity index (χ1) is 18.3. The van der Waals surface area contributed by atoms with Crippen molar-refractivity contribution in [3.8, 4) is 5.75 Å². The number of hydrogen-bond acceptors (Lipinski definition) is 10. The minimum Gasteiger partial charge on any atom is -0.462 e. The quantitative estimate of drug-likeness (QED) is 0.118. The number of azide groups is 1. The van der Waals surface area contributed by atoms with Crippen molar-refractivity contribution in [2.24, 2.45) is 5.11 Å². The third kappa shape index (κ3) is 6.92. The molecule has 6 atom stereocenters. The first-order valence-electron chi connectivity index (χ1n) is 11.7.